The Bertz CT molecular complexity index is 329. The Labute approximate surface area is 92.9 Å². The Morgan fingerprint density at radius 2 is 1.94 bits per heavy atom. The second-order valence-electron chi connectivity index (χ2n) is 4.49. The van der Waals surface area contributed by atoms with Crippen LogP contribution in [0.25, 0.3) is 10.4 Å². The van der Waals surface area contributed by atoms with Crippen LogP contribution in [0.3, 0.4) is 0 Å². The zero-order valence-corrected chi connectivity index (χ0v) is 9.40. The Balaban J connectivity index is 2.24. The Kier molecular flexibility index (Phi) is 2.81. The van der Waals surface area contributed by atoms with Crippen molar-refractivity contribution in [1.82, 2.24) is 0 Å². The molecule has 2 fully saturated rings. The molecule has 2 aliphatic rings. The van der Waals surface area contributed by atoms with E-state index in [9.17, 15) is 5.11 Å². The molecular formula is C9H15N3O4. The molecule has 2 heterocycles. The number of nitrogens with zero attached hydrogens (tertiary/aromatic N) is 3. The van der Waals surface area contributed by atoms with Crippen LogP contribution in [0.1, 0.15) is 20.8 Å². The standard InChI is InChI=1S/C9H15N3O4/c1-4-5(13)6-7(8(14-4)11-12-10)16-9(2,3)15-6/h4-8,13H,1-3H3/t4-,5-,6+,7+,8+/m0/s1. The lowest BCUT2D eigenvalue weighted by Crippen LogP contribution is -2.54. The van der Waals surface area contributed by atoms with E-state index in [4.69, 9.17) is 19.7 Å². The van der Waals surface area contributed by atoms with Crippen molar-refractivity contribution in [2.24, 2.45) is 5.11 Å². The van der Waals surface area contributed by atoms with E-state index in [0.717, 1.165) is 0 Å². The summed E-state index contributed by atoms with van der Waals surface area (Å²) in [5.74, 6) is -0.799. The monoisotopic (exact) mass is 229 g/mol. The van der Waals surface area contributed by atoms with Gasteiger partial charge in [-0.3, -0.25) is 0 Å². The number of ether oxygens (including phenoxy) is 3. The Morgan fingerprint density at radius 1 is 1.31 bits per heavy atom. The van der Waals surface area contributed by atoms with Crippen LogP contribution in [-0.4, -0.2) is 41.5 Å². The lowest BCUT2D eigenvalue weighted by molar-refractivity contribution is -0.178. The minimum Gasteiger partial charge on any atom is -0.388 e. The average Bonchev–Trinajstić information content (AvgIpc) is 2.51. The third-order valence-corrected chi connectivity index (χ3v) is 2.78. The summed E-state index contributed by atoms with van der Waals surface area (Å²) in [4.78, 5) is 2.71. The van der Waals surface area contributed by atoms with Crippen molar-refractivity contribution in [2.75, 3.05) is 0 Å². The third kappa shape index (κ3) is 1.88. The first kappa shape index (κ1) is 11.6. The van der Waals surface area contributed by atoms with E-state index in [1.165, 1.54) is 0 Å². The summed E-state index contributed by atoms with van der Waals surface area (Å²) in [6, 6.07) is 0. The molecule has 0 aliphatic carbocycles. The third-order valence-electron chi connectivity index (χ3n) is 2.78. The molecule has 0 saturated carbocycles. The predicted octanol–water partition coefficient (Wildman–Crippen LogP) is 0.922. The second-order valence-corrected chi connectivity index (χ2v) is 4.49. The maximum absolute atomic E-state index is 9.90. The zero-order chi connectivity index (χ0) is 11.9. The van der Waals surface area contributed by atoms with E-state index in [1.54, 1.807) is 20.8 Å². The molecule has 1 N–H and O–H groups in total. The van der Waals surface area contributed by atoms with Crippen molar-refractivity contribution in [3.05, 3.63) is 10.4 Å². The van der Waals surface area contributed by atoms with Crippen molar-refractivity contribution in [3.8, 4) is 0 Å². The molecule has 7 heteroatoms. The van der Waals surface area contributed by atoms with Crippen LogP contribution in [0, 0.1) is 0 Å². The van der Waals surface area contributed by atoms with E-state index < -0.39 is 36.4 Å². The van der Waals surface area contributed by atoms with Gasteiger partial charge in [0, 0.05) is 4.91 Å². The number of hydrogen-bond donors (Lipinski definition) is 1. The molecule has 2 aliphatic heterocycles. The number of hydrogen-bond acceptors (Lipinski definition) is 5. The fourth-order valence-electron chi connectivity index (χ4n) is 2.09. The highest BCUT2D eigenvalue weighted by Crippen LogP contribution is 2.37. The lowest BCUT2D eigenvalue weighted by Gasteiger charge is -2.36. The van der Waals surface area contributed by atoms with E-state index >= 15 is 0 Å². The van der Waals surface area contributed by atoms with E-state index in [2.05, 4.69) is 10.0 Å². The predicted molar refractivity (Wildman–Crippen MR) is 53.3 cm³/mol. The minimum absolute atomic E-state index is 0.450. The van der Waals surface area contributed by atoms with E-state index in [-0.39, 0.29) is 0 Å². The number of aliphatic hydroxyl groups is 1. The number of azide groups is 1. The highest BCUT2D eigenvalue weighted by Gasteiger charge is 2.53. The number of rotatable bonds is 1. The molecule has 5 atom stereocenters. The Hall–Kier alpha value is -0.850. The van der Waals surface area contributed by atoms with Crippen LogP contribution in [0.2, 0.25) is 0 Å². The van der Waals surface area contributed by atoms with Crippen molar-refractivity contribution < 1.29 is 19.3 Å². The van der Waals surface area contributed by atoms with Gasteiger partial charge in [-0.1, -0.05) is 5.11 Å². The molecule has 0 aromatic heterocycles. The van der Waals surface area contributed by atoms with Crippen LogP contribution in [0.15, 0.2) is 5.11 Å². The second kappa shape index (κ2) is 3.87. The van der Waals surface area contributed by atoms with Gasteiger partial charge in [0.1, 0.15) is 18.3 Å². The van der Waals surface area contributed by atoms with Crippen LogP contribution >= 0.6 is 0 Å². The van der Waals surface area contributed by atoms with Crippen LogP contribution in [0.4, 0.5) is 0 Å². The molecule has 0 aromatic rings. The summed E-state index contributed by atoms with van der Waals surface area (Å²) in [6.45, 7) is 5.20. The minimum atomic E-state index is -0.799. The van der Waals surface area contributed by atoms with Gasteiger partial charge in [0.2, 0.25) is 0 Å². The van der Waals surface area contributed by atoms with Crippen LogP contribution in [-0.2, 0) is 14.2 Å². The average molecular weight is 229 g/mol. The van der Waals surface area contributed by atoms with Gasteiger partial charge >= 0.3 is 0 Å². The number of aliphatic hydroxyl groups excluding tert-OH is 1. The first-order valence-corrected chi connectivity index (χ1v) is 5.18. The molecule has 2 saturated heterocycles. The fourth-order valence-corrected chi connectivity index (χ4v) is 2.09. The molecule has 90 valence electrons. The molecule has 0 spiro atoms. The van der Waals surface area contributed by atoms with Gasteiger partial charge < -0.3 is 19.3 Å². The van der Waals surface area contributed by atoms with Crippen molar-refractivity contribution in [1.29, 1.82) is 0 Å². The summed E-state index contributed by atoms with van der Waals surface area (Å²) in [5.41, 5.74) is 8.44. The van der Waals surface area contributed by atoms with Crippen molar-refractivity contribution >= 4 is 0 Å². The van der Waals surface area contributed by atoms with Gasteiger partial charge in [-0.25, -0.2) is 0 Å². The molecule has 0 bridgehead atoms. The van der Waals surface area contributed by atoms with Gasteiger partial charge in [0.05, 0.1) is 6.10 Å². The first-order chi connectivity index (χ1) is 7.44. The van der Waals surface area contributed by atoms with Gasteiger partial charge in [-0.15, -0.1) is 0 Å². The van der Waals surface area contributed by atoms with Crippen molar-refractivity contribution in [3.63, 3.8) is 0 Å². The quantitative estimate of drug-likeness (QED) is 0.410. The lowest BCUT2D eigenvalue weighted by atomic mass is 9.99. The SMILES string of the molecule is C[C@@H]1O[C@@H](N=[N+]=[N-])[C@@H]2OC(C)(C)O[C@@H]2[C@H]1O. The maximum Gasteiger partial charge on any atom is 0.165 e. The summed E-state index contributed by atoms with van der Waals surface area (Å²) in [7, 11) is 0. The molecular weight excluding hydrogens is 214 g/mol. The topological polar surface area (TPSA) is 96.7 Å². The highest BCUT2D eigenvalue weighted by atomic mass is 16.8. The highest BCUT2D eigenvalue weighted by molar-refractivity contribution is 4.96. The largest absolute Gasteiger partial charge is 0.388 e. The summed E-state index contributed by atoms with van der Waals surface area (Å²) < 4.78 is 16.5. The number of fused-ring (bicyclic) bond motifs is 1. The molecule has 0 aromatic carbocycles. The molecule has 7 nitrogen and oxygen atoms in total. The van der Waals surface area contributed by atoms with Gasteiger partial charge in [-0.2, -0.15) is 0 Å². The molecule has 0 unspecified atom stereocenters. The van der Waals surface area contributed by atoms with E-state index in [1.807, 2.05) is 0 Å². The van der Waals surface area contributed by atoms with Crippen LogP contribution in [0.5, 0.6) is 0 Å². The zero-order valence-electron chi connectivity index (χ0n) is 9.40. The van der Waals surface area contributed by atoms with Crippen molar-refractivity contribution in [2.45, 2.75) is 57.2 Å². The van der Waals surface area contributed by atoms with Gasteiger partial charge in [0.15, 0.2) is 12.0 Å². The molecule has 0 radical (unpaired) electrons. The molecule has 16 heavy (non-hydrogen) atoms. The van der Waals surface area contributed by atoms with Gasteiger partial charge in [-0.05, 0) is 26.3 Å². The van der Waals surface area contributed by atoms with E-state index in [0.29, 0.717) is 0 Å². The Morgan fingerprint density at radius 3 is 2.56 bits per heavy atom. The molecule has 0 amide bonds. The fraction of sp³-hybridized carbons (Fsp3) is 1.00. The first-order valence-electron chi connectivity index (χ1n) is 5.18. The molecule has 2 rings (SSSR count). The summed E-state index contributed by atoms with van der Waals surface area (Å²) in [5, 5.41) is 13.4. The maximum atomic E-state index is 9.90. The van der Waals surface area contributed by atoms with Gasteiger partial charge in [0.25, 0.3) is 0 Å². The normalized spacial score (nSPS) is 45.9. The summed E-state index contributed by atoms with van der Waals surface area (Å²) in [6.07, 6.45) is -3.06. The van der Waals surface area contributed by atoms with Crippen LogP contribution < -0.4 is 0 Å². The summed E-state index contributed by atoms with van der Waals surface area (Å²) >= 11 is 0. The smallest absolute Gasteiger partial charge is 0.165 e.